The van der Waals surface area contributed by atoms with E-state index >= 15 is 0 Å². The van der Waals surface area contributed by atoms with Gasteiger partial charge in [-0.1, -0.05) is 72.8 Å². The van der Waals surface area contributed by atoms with E-state index in [-0.39, 0.29) is 0 Å². The second-order valence-electron chi connectivity index (χ2n) is 8.11. The summed E-state index contributed by atoms with van der Waals surface area (Å²) in [6.45, 7) is 2.94. The maximum Gasteiger partial charge on any atom is 0.0945 e. The zero-order valence-corrected chi connectivity index (χ0v) is 17.7. The van der Waals surface area contributed by atoms with Crippen LogP contribution in [0.3, 0.4) is 0 Å². The summed E-state index contributed by atoms with van der Waals surface area (Å²) in [6.07, 6.45) is 8.06. The Hall–Kier alpha value is -3.59. The van der Waals surface area contributed by atoms with E-state index in [1.54, 1.807) is 0 Å². The number of hydrogen-bond acceptors (Lipinski definition) is 2. The molecule has 1 aromatic heterocycles. The van der Waals surface area contributed by atoms with Gasteiger partial charge in [0, 0.05) is 43.1 Å². The average molecular weight is 406 g/mol. The lowest BCUT2D eigenvalue weighted by atomic mass is 10.0. The van der Waals surface area contributed by atoms with Crippen LogP contribution >= 0.6 is 0 Å². The molecular weight excluding hydrogens is 378 g/mol. The number of benzene rings is 4. The molecule has 1 heterocycles. The summed E-state index contributed by atoms with van der Waals surface area (Å²) in [5.41, 5.74) is 2.66. The molecule has 3 heteroatoms. The highest BCUT2D eigenvalue weighted by Crippen LogP contribution is 2.29. The lowest BCUT2D eigenvalue weighted by Gasteiger charge is -2.27. The number of aromatic nitrogens is 2. The molecule has 5 aromatic rings. The molecule has 0 spiro atoms. The first-order valence-corrected chi connectivity index (χ1v) is 11.0. The average Bonchev–Trinajstić information content (AvgIpc) is 3.34. The molecule has 0 aliphatic heterocycles. The Morgan fingerprint density at radius 3 is 2.42 bits per heavy atom. The Kier molecular flexibility index (Phi) is 5.66. The van der Waals surface area contributed by atoms with Crippen LogP contribution in [0, 0.1) is 0 Å². The molecule has 4 aromatic carbocycles. The van der Waals surface area contributed by atoms with E-state index in [9.17, 15) is 0 Å². The largest absolute Gasteiger partial charge is 0.367 e. The van der Waals surface area contributed by atoms with Gasteiger partial charge >= 0.3 is 0 Å². The van der Waals surface area contributed by atoms with Gasteiger partial charge in [0.2, 0.25) is 0 Å². The predicted molar refractivity (Wildman–Crippen MR) is 130 cm³/mol. The fourth-order valence-electron chi connectivity index (χ4n) is 4.34. The van der Waals surface area contributed by atoms with Gasteiger partial charge in [-0.3, -0.25) is 0 Å². The number of imidazole rings is 1. The molecule has 0 saturated heterocycles. The van der Waals surface area contributed by atoms with Crippen LogP contribution < -0.4 is 4.90 Å². The van der Waals surface area contributed by atoms with Gasteiger partial charge in [0.15, 0.2) is 0 Å². The molecule has 0 atom stereocenters. The smallest absolute Gasteiger partial charge is 0.0945 e. The number of nitrogens with zero attached hydrogens (tertiary/aromatic N) is 3. The van der Waals surface area contributed by atoms with Gasteiger partial charge in [0.25, 0.3) is 0 Å². The molecule has 154 valence electrons. The van der Waals surface area contributed by atoms with Gasteiger partial charge in [-0.05, 0) is 46.7 Å². The summed E-state index contributed by atoms with van der Waals surface area (Å²) >= 11 is 0. The summed E-state index contributed by atoms with van der Waals surface area (Å²) in [6, 6.07) is 30.8. The summed E-state index contributed by atoms with van der Waals surface area (Å²) in [5.74, 6) is 0. The molecule has 0 aliphatic rings. The van der Waals surface area contributed by atoms with Crippen molar-refractivity contribution < 1.29 is 0 Å². The summed E-state index contributed by atoms with van der Waals surface area (Å²) < 4.78 is 2.16. The molecule has 0 N–H and O–H groups in total. The highest BCUT2D eigenvalue weighted by Gasteiger charge is 2.11. The van der Waals surface area contributed by atoms with Crippen LogP contribution in [0.5, 0.6) is 0 Å². The van der Waals surface area contributed by atoms with E-state index in [4.69, 9.17) is 0 Å². The zero-order chi connectivity index (χ0) is 20.9. The highest BCUT2D eigenvalue weighted by atomic mass is 15.1. The molecule has 0 fully saturated rings. The Bertz CT molecular complexity index is 1270. The Labute approximate surface area is 183 Å². The minimum Gasteiger partial charge on any atom is -0.367 e. The van der Waals surface area contributed by atoms with Crippen molar-refractivity contribution in [2.45, 2.75) is 25.9 Å². The number of hydrogen-bond donors (Lipinski definition) is 0. The third-order valence-corrected chi connectivity index (χ3v) is 5.95. The maximum absolute atomic E-state index is 4.15. The Morgan fingerprint density at radius 2 is 1.55 bits per heavy atom. The van der Waals surface area contributed by atoms with E-state index in [2.05, 4.69) is 99.4 Å². The number of aryl methyl sites for hydroxylation is 1. The minimum atomic E-state index is 0.907. The van der Waals surface area contributed by atoms with Crippen LogP contribution in [0.1, 0.15) is 18.4 Å². The number of anilines is 1. The second-order valence-corrected chi connectivity index (χ2v) is 8.11. The van der Waals surface area contributed by atoms with Gasteiger partial charge in [-0.15, -0.1) is 0 Å². The Morgan fingerprint density at radius 1 is 0.742 bits per heavy atom. The van der Waals surface area contributed by atoms with Crippen molar-refractivity contribution in [3.63, 3.8) is 0 Å². The van der Waals surface area contributed by atoms with Crippen molar-refractivity contribution in [2.24, 2.45) is 0 Å². The van der Waals surface area contributed by atoms with Crippen LogP contribution in [0.25, 0.3) is 21.5 Å². The molecular formula is C28H27N3. The van der Waals surface area contributed by atoms with Crippen molar-refractivity contribution in [2.75, 3.05) is 11.4 Å². The number of rotatable bonds is 8. The predicted octanol–water partition coefficient (Wildman–Crippen LogP) is 6.68. The van der Waals surface area contributed by atoms with Crippen molar-refractivity contribution in [3.8, 4) is 0 Å². The van der Waals surface area contributed by atoms with E-state index in [0.29, 0.717) is 0 Å². The fraction of sp³-hybridized carbons (Fsp3) is 0.179. The topological polar surface area (TPSA) is 21.1 Å². The lowest BCUT2D eigenvalue weighted by Crippen LogP contribution is -2.24. The molecule has 0 unspecified atom stereocenters. The number of unbranched alkanes of at least 4 members (excludes halogenated alkanes) is 1. The standard InChI is InChI=1S/C28H27N3/c1-2-10-26-20-23(14-15-24(26)8-1)21-31(18-6-5-17-30-19-16-29-22-30)28-13-7-11-25-9-3-4-12-27(25)28/h1-4,7-16,19-20,22H,5-6,17-18,21H2. The summed E-state index contributed by atoms with van der Waals surface area (Å²) in [5, 5.41) is 5.21. The molecule has 0 radical (unpaired) electrons. The first kappa shape index (κ1) is 19.4. The van der Waals surface area contributed by atoms with Crippen molar-refractivity contribution >= 4 is 27.2 Å². The first-order chi connectivity index (χ1) is 15.4. The SMILES string of the molecule is c1ccc2cc(CN(CCCCn3ccnc3)c3cccc4ccccc34)ccc2c1. The highest BCUT2D eigenvalue weighted by molar-refractivity contribution is 5.94. The summed E-state index contributed by atoms with van der Waals surface area (Å²) in [7, 11) is 0. The third kappa shape index (κ3) is 4.46. The lowest BCUT2D eigenvalue weighted by molar-refractivity contribution is 0.597. The van der Waals surface area contributed by atoms with Crippen molar-refractivity contribution in [1.82, 2.24) is 9.55 Å². The molecule has 3 nitrogen and oxygen atoms in total. The second kappa shape index (κ2) is 9.05. The van der Waals surface area contributed by atoms with Gasteiger partial charge in [0.1, 0.15) is 0 Å². The minimum absolute atomic E-state index is 0.907. The van der Waals surface area contributed by atoms with Crippen LogP contribution in [0.4, 0.5) is 5.69 Å². The molecule has 0 amide bonds. The fourth-order valence-corrected chi connectivity index (χ4v) is 4.34. The summed E-state index contributed by atoms with van der Waals surface area (Å²) in [4.78, 5) is 6.69. The van der Waals surface area contributed by atoms with Crippen LogP contribution in [0.15, 0.2) is 104 Å². The third-order valence-electron chi connectivity index (χ3n) is 5.95. The normalized spacial score (nSPS) is 11.2. The quantitative estimate of drug-likeness (QED) is 0.269. The van der Waals surface area contributed by atoms with E-state index in [1.807, 2.05) is 18.7 Å². The molecule has 0 aliphatic carbocycles. The Balaban J connectivity index is 1.41. The van der Waals surface area contributed by atoms with E-state index < -0.39 is 0 Å². The number of fused-ring (bicyclic) bond motifs is 2. The van der Waals surface area contributed by atoms with E-state index in [0.717, 1.165) is 32.5 Å². The van der Waals surface area contributed by atoms with Gasteiger partial charge in [-0.2, -0.15) is 0 Å². The van der Waals surface area contributed by atoms with Gasteiger partial charge in [0.05, 0.1) is 6.33 Å². The van der Waals surface area contributed by atoms with E-state index in [1.165, 1.54) is 32.8 Å². The molecule has 0 saturated carbocycles. The monoisotopic (exact) mass is 405 g/mol. The molecule has 31 heavy (non-hydrogen) atoms. The van der Waals surface area contributed by atoms with Crippen molar-refractivity contribution in [3.05, 3.63) is 109 Å². The van der Waals surface area contributed by atoms with Crippen LogP contribution in [0.2, 0.25) is 0 Å². The van der Waals surface area contributed by atoms with Crippen LogP contribution in [-0.4, -0.2) is 16.1 Å². The van der Waals surface area contributed by atoms with Gasteiger partial charge in [-0.25, -0.2) is 4.98 Å². The van der Waals surface area contributed by atoms with Gasteiger partial charge < -0.3 is 9.47 Å². The zero-order valence-electron chi connectivity index (χ0n) is 17.7. The van der Waals surface area contributed by atoms with Crippen molar-refractivity contribution in [1.29, 1.82) is 0 Å². The maximum atomic E-state index is 4.15. The molecule has 5 rings (SSSR count). The molecule has 0 bridgehead atoms. The first-order valence-electron chi connectivity index (χ1n) is 11.0. The van der Waals surface area contributed by atoms with Crippen LogP contribution in [-0.2, 0) is 13.1 Å².